The lowest BCUT2D eigenvalue weighted by molar-refractivity contribution is 0.0389. The van der Waals surface area contributed by atoms with Gasteiger partial charge in [0.1, 0.15) is 24.2 Å². The van der Waals surface area contributed by atoms with Gasteiger partial charge in [0.15, 0.2) is 23.0 Å². The predicted molar refractivity (Wildman–Crippen MR) is 225 cm³/mol. The third-order valence-electron chi connectivity index (χ3n) is 12.7. The van der Waals surface area contributed by atoms with Crippen molar-refractivity contribution >= 4 is 0 Å². The molecule has 4 aromatic rings. The molecule has 0 amide bonds. The van der Waals surface area contributed by atoms with Crippen molar-refractivity contribution in [3.63, 3.8) is 0 Å². The number of methoxy groups -OCH3 is 2. The molecule has 4 aromatic carbocycles. The molecule has 5 aliphatic heterocycles. The van der Waals surface area contributed by atoms with Gasteiger partial charge in [0.05, 0.1) is 20.8 Å². The van der Waals surface area contributed by atoms with Crippen LogP contribution in [-0.4, -0.2) is 123 Å². The molecule has 5 aliphatic rings. The van der Waals surface area contributed by atoms with Crippen LogP contribution >= 0.6 is 0 Å². The summed E-state index contributed by atoms with van der Waals surface area (Å²) >= 11 is 0. The van der Waals surface area contributed by atoms with Gasteiger partial charge in [-0.2, -0.15) is 0 Å². The zero-order valence-corrected chi connectivity index (χ0v) is 35.0. The largest absolute Gasteiger partial charge is 0.493 e. The number of nitrogens with zero attached hydrogens (tertiary/aromatic N) is 4. The van der Waals surface area contributed by atoms with Crippen LogP contribution in [0.15, 0.2) is 60.7 Å². The number of hydrogen-bond donors (Lipinski definition) is 2. The van der Waals surface area contributed by atoms with Crippen molar-refractivity contribution in [2.75, 3.05) is 80.7 Å². The Morgan fingerprint density at radius 3 is 2.14 bits per heavy atom. The zero-order valence-electron chi connectivity index (χ0n) is 35.0. The van der Waals surface area contributed by atoms with Crippen molar-refractivity contribution in [1.29, 1.82) is 0 Å². The number of β-amino-alcohol motifs (C(OH)–C–C–N with tert-alkyl or cyclic N) is 1. The number of aliphatic hydroxyl groups excluding tert-OH is 2. The van der Waals surface area contributed by atoms with Crippen molar-refractivity contribution in [2.24, 2.45) is 0 Å². The number of rotatable bonds is 9. The number of aliphatic hydroxyl groups is 2. The zero-order chi connectivity index (χ0) is 40.5. The molecule has 1 unspecified atom stereocenters. The van der Waals surface area contributed by atoms with Gasteiger partial charge in [0, 0.05) is 75.1 Å². The van der Waals surface area contributed by atoms with Crippen molar-refractivity contribution in [3.8, 4) is 40.2 Å². The first-order valence-electron chi connectivity index (χ1n) is 20.9. The summed E-state index contributed by atoms with van der Waals surface area (Å²) in [7, 11) is 7.65. The molecule has 11 nitrogen and oxygen atoms in total. The van der Waals surface area contributed by atoms with Gasteiger partial charge in [0.25, 0.3) is 0 Å². The van der Waals surface area contributed by atoms with E-state index in [0.29, 0.717) is 53.5 Å². The van der Waals surface area contributed by atoms with E-state index in [4.69, 9.17) is 23.7 Å². The minimum absolute atomic E-state index is 0.0674. The van der Waals surface area contributed by atoms with Gasteiger partial charge < -0.3 is 33.9 Å². The Kier molecular flexibility index (Phi) is 12.2. The summed E-state index contributed by atoms with van der Waals surface area (Å²) in [5.41, 5.74) is 7.52. The molecule has 3 atom stereocenters. The molecule has 310 valence electrons. The lowest BCUT2D eigenvalue weighted by Gasteiger charge is -2.38. The molecule has 1 fully saturated rings. The van der Waals surface area contributed by atoms with Crippen molar-refractivity contribution < 1.29 is 33.9 Å². The second kappa shape index (κ2) is 17.5. The number of fused-ring (bicyclic) bond motifs is 2. The molecule has 9 rings (SSSR count). The summed E-state index contributed by atoms with van der Waals surface area (Å²) in [6.45, 7) is 10.4. The predicted octanol–water partition coefficient (Wildman–Crippen LogP) is 6.40. The third kappa shape index (κ3) is 8.39. The monoisotopic (exact) mass is 792 g/mol. The van der Waals surface area contributed by atoms with E-state index in [-0.39, 0.29) is 25.3 Å². The summed E-state index contributed by atoms with van der Waals surface area (Å²) in [4.78, 5) is 9.55. The number of hydrogen-bond acceptors (Lipinski definition) is 11. The van der Waals surface area contributed by atoms with Gasteiger partial charge in [-0.15, -0.1) is 0 Å². The van der Waals surface area contributed by atoms with Crippen LogP contribution in [0, 0.1) is 0 Å². The van der Waals surface area contributed by atoms with Crippen molar-refractivity contribution in [3.05, 3.63) is 99.6 Å². The van der Waals surface area contributed by atoms with Gasteiger partial charge in [-0.05, 0) is 124 Å². The Bertz CT molecular complexity index is 2070. The molecule has 0 aromatic heterocycles. The molecule has 1 saturated heterocycles. The average Bonchev–Trinajstić information content (AvgIpc) is 3.22. The van der Waals surface area contributed by atoms with Crippen molar-refractivity contribution in [2.45, 2.75) is 70.4 Å². The van der Waals surface area contributed by atoms with Gasteiger partial charge in [-0.25, -0.2) is 0 Å². The van der Waals surface area contributed by atoms with Crippen LogP contribution in [0.3, 0.4) is 0 Å². The first-order chi connectivity index (χ1) is 28.1. The SMILES string of the molecule is COc1ccc2cc1Oc1ccc(cc1)C[C@H]1c3cc(c(CO)cc3CCN1C)Oc1c(OCC(O)CN3CCN(C(C)C)CC3)c(OC)cc3c1[C@H](C2)N(C)CC3. The number of benzene rings is 4. The summed E-state index contributed by atoms with van der Waals surface area (Å²) in [6.07, 6.45) is 2.38. The van der Waals surface area contributed by atoms with E-state index in [1.807, 2.05) is 18.2 Å². The van der Waals surface area contributed by atoms with Crippen LogP contribution in [0.2, 0.25) is 0 Å². The maximum absolute atomic E-state index is 11.4. The Labute approximate surface area is 343 Å². The topological polar surface area (TPSA) is 99.6 Å². The van der Waals surface area contributed by atoms with Crippen LogP contribution in [0.1, 0.15) is 64.9 Å². The molecule has 5 heterocycles. The van der Waals surface area contributed by atoms with Crippen LogP contribution in [0.25, 0.3) is 0 Å². The Balaban J connectivity index is 1.24. The van der Waals surface area contributed by atoms with Crippen LogP contribution in [0.5, 0.6) is 40.2 Å². The van der Waals surface area contributed by atoms with E-state index in [0.717, 1.165) is 86.5 Å². The molecule has 0 aliphatic carbocycles. The molecular weight excluding hydrogens is 733 g/mol. The van der Waals surface area contributed by atoms with Crippen LogP contribution in [-0.2, 0) is 32.3 Å². The highest BCUT2D eigenvalue weighted by atomic mass is 16.5. The maximum atomic E-state index is 11.4. The fraction of sp³-hybridized carbons (Fsp3) is 0.489. The molecule has 11 heteroatoms. The third-order valence-corrected chi connectivity index (χ3v) is 12.7. The van der Waals surface area contributed by atoms with E-state index in [1.165, 1.54) is 16.7 Å². The lowest BCUT2D eigenvalue weighted by atomic mass is 9.86. The molecule has 0 spiro atoms. The average molecular weight is 793 g/mol. The smallest absolute Gasteiger partial charge is 0.204 e. The second-order valence-electron chi connectivity index (χ2n) is 16.8. The highest BCUT2D eigenvalue weighted by molar-refractivity contribution is 5.63. The molecule has 0 radical (unpaired) electrons. The van der Waals surface area contributed by atoms with Gasteiger partial charge in [-0.3, -0.25) is 19.6 Å². The van der Waals surface area contributed by atoms with E-state index in [9.17, 15) is 10.2 Å². The fourth-order valence-corrected chi connectivity index (χ4v) is 9.26. The molecule has 6 bridgehead atoms. The van der Waals surface area contributed by atoms with Crippen molar-refractivity contribution in [1.82, 2.24) is 19.6 Å². The first kappa shape index (κ1) is 40.4. The number of piperazine rings is 1. The minimum atomic E-state index is -0.726. The quantitative estimate of drug-likeness (QED) is 0.197. The summed E-state index contributed by atoms with van der Waals surface area (Å²) in [5, 5.41) is 22.3. The maximum Gasteiger partial charge on any atom is 0.204 e. The number of likely N-dealkylation sites (N-methyl/N-ethyl adjacent to an activating group) is 2. The fourth-order valence-electron chi connectivity index (χ4n) is 9.26. The Morgan fingerprint density at radius 2 is 1.43 bits per heavy atom. The number of ether oxygens (including phenoxy) is 5. The highest BCUT2D eigenvalue weighted by Crippen LogP contribution is 2.51. The van der Waals surface area contributed by atoms with E-state index in [1.54, 1.807) is 14.2 Å². The normalized spacial score (nSPS) is 20.7. The standard InChI is InChI=1S/C47H60N4O7/c1-30(2)51-19-17-50(18-20-51)27-36(53)29-56-46-44(55-6)25-34-14-16-49(4)40-22-32-9-12-41(54-5)43(23-32)57-37-10-7-31(8-11-37)21-39-38-26-42(58-47(46)45(34)40)35(28-52)24-33(38)13-15-48(39)3/h7-12,23-26,30,36,39-40,52-53H,13-22,27-29H2,1-6H3/t36?,39-,40-/m0/s1. The summed E-state index contributed by atoms with van der Waals surface area (Å²) in [5.74, 6) is 4.22. The molecular formula is C47H60N4O7. The lowest BCUT2D eigenvalue weighted by Crippen LogP contribution is -2.51. The van der Waals surface area contributed by atoms with Gasteiger partial charge in [0.2, 0.25) is 5.75 Å². The summed E-state index contributed by atoms with van der Waals surface area (Å²) in [6, 6.07) is 21.3. The molecule has 0 saturated carbocycles. The second-order valence-corrected chi connectivity index (χ2v) is 16.8. The highest BCUT2D eigenvalue weighted by Gasteiger charge is 2.35. The van der Waals surface area contributed by atoms with E-state index in [2.05, 4.69) is 90.0 Å². The van der Waals surface area contributed by atoms with E-state index >= 15 is 0 Å². The minimum Gasteiger partial charge on any atom is -0.493 e. The molecule has 2 N–H and O–H groups in total. The van der Waals surface area contributed by atoms with E-state index < -0.39 is 6.10 Å². The van der Waals surface area contributed by atoms with Gasteiger partial charge >= 0.3 is 0 Å². The van der Waals surface area contributed by atoms with Crippen LogP contribution < -0.4 is 23.7 Å². The first-order valence-corrected chi connectivity index (χ1v) is 20.9. The Morgan fingerprint density at radius 1 is 0.741 bits per heavy atom. The molecule has 58 heavy (non-hydrogen) atoms. The summed E-state index contributed by atoms with van der Waals surface area (Å²) < 4.78 is 32.3. The Hall–Kier alpha value is -4.36. The van der Waals surface area contributed by atoms with Crippen LogP contribution in [0.4, 0.5) is 0 Å². The van der Waals surface area contributed by atoms with Gasteiger partial charge in [-0.1, -0.05) is 18.2 Å².